The Balaban J connectivity index is 2.35. The molecule has 0 unspecified atom stereocenters. The third-order valence-electron chi connectivity index (χ3n) is 2.58. The lowest BCUT2D eigenvalue weighted by Crippen LogP contribution is -2.18. The molecule has 0 aliphatic heterocycles. The molecule has 104 valence electrons. The maximum absolute atomic E-state index is 12.1. The van der Waals surface area contributed by atoms with E-state index in [4.69, 9.17) is 5.73 Å². The molecule has 6 nitrogen and oxygen atoms in total. The van der Waals surface area contributed by atoms with Gasteiger partial charge in [-0.15, -0.1) is 11.3 Å². The van der Waals surface area contributed by atoms with Crippen molar-refractivity contribution >= 4 is 43.5 Å². The van der Waals surface area contributed by atoms with Gasteiger partial charge >= 0.3 is 0 Å². The van der Waals surface area contributed by atoms with E-state index in [-0.39, 0.29) is 16.5 Å². The molecule has 0 bridgehead atoms. The Morgan fingerprint density at radius 3 is 2.79 bits per heavy atom. The Hall–Kier alpha value is -1.19. The van der Waals surface area contributed by atoms with Crippen molar-refractivity contribution in [1.82, 2.24) is 9.36 Å². The first-order chi connectivity index (χ1) is 8.95. The van der Waals surface area contributed by atoms with Crippen LogP contribution in [0, 0.1) is 0 Å². The summed E-state index contributed by atoms with van der Waals surface area (Å²) in [5, 5.41) is 2.49. The van der Waals surface area contributed by atoms with Crippen molar-refractivity contribution in [1.29, 1.82) is 0 Å². The van der Waals surface area contributed by atoms with Gasteiger partial charge < -0.3 is 10.6 Å². The van der Waals surface area contributed by atoms with Crippen LogP contribution in [0.1, 0.15) is 12.6 Å². The number of anilines is 2. The molecule has 2 aromatic heterocycles. The van der Waals surface area contributed by atoms with Gasteiger partial charge in [-0.05, 0) is 11.5 Å². The molecule has 0 saturated heterocycles. The summed E-state index contributed by atoms with van der Waals surface area (Å²) in [6, 6.07) is 0. The van der Waals surface area contributed by atoms with E-state index in [1.54, 1.807) is 19.5 Å². The van der Waals surface area contributed by atoms with Gasteiger partial charge in [-0.3, -0.25) is 0 Å². The Morgan fingerprint density at radius 2 is 2.21 bits per heavy atom. The number of nitrogens with zero attached hydrogens (tertiary/aromatic N) is 3. The monoisotopic (exact) mass is 318 g/mol. The first kappa shape index (κ1) is 14.2. The van der Waals surface area contributed by atoms with Crippen molar-refractivity contribution in [3.05, 3.63) is 16.6 Å². The van der Waals surface area contributed by atoms with Gasteiger partial charge in [0.25, 0.3) is 0 Å². The molecule has 0 aliphatic rings. The van der Waals surface area contributed by atoms with E-state index < -0.39 is 9.84 Å². The fraction of sp³-hybridized carbons (Fsp3) is 0.400. The summed E-state index contributed by atoms with van der Waals surface area (Å²) in [6.07, 6.45) is 0. The average Bonchev–Trinajstić information content (AvgIpc) is 2.98. The molecule has 0 amide bonds. The molecule has 0 aliphatic carbocycles. The highest BCUT2D eigenvalue weighted by Crippen LogP contribution is 2.35. The minimum Gasteiger partial charge on any atom is -0.382 e. The van der Waals surface area contributed by atoms with Gasteiger partial charge in [-0.25, -0.2) is 13.4 Å². The fourth-order valence-corrected chi connectivity index (χ4v) is 4.44. The number of hydrogen-bond donors (Lipinski definition) is 1. The summed E-state index contributed by atoms with van der Waals surface area (Å²) >= 11 is 2.60. The van der Waals surface area contributed by atoms with Crippen LogP contribution in [0.3, 0.4) is 0 Å². The van der Waals surface area contributed by atoms with E-state index in [2.05, 4.69) is 9.36 Å². The molecule has 0 aromatic carbocycles. The maximum atomic E-state index is 12.1. The minimum atomic E-state index is -3.38. The minimum absolute atomic E-state index is 0.00710. The second-order valence-electron chi connectivity index (χ2n) is 3.94. The van der Waals surface area contributed by atoms with Gasteiger partial charge in [0.1, 0.15) is 9.90 Å². The Labute approximate surface area is 120 Å². The van der Waals surface area contributed by atoms with Crippen molar-refractivity contribution in [2.24, 2.45) is 0 Å². The van der Waals surface area contributed by atoms with E-state index in [0.29, 0.717) is 11.5 Å². The molecule has 2 aromatic rings. The molecule has 2 heterocycles. The zero-order valence-electron chi connectivity index (χ0n) is 10.5. The zero-order chi connectivity index (χ0) is 14.0. The summed E-state index contributed by atoms with van der Waals surface area (Å²) in [4.78, 5) is 6.13. The van der Waals surface area contributed by atoms with Crippen LogP contribution in [-0.2, 0) is 16.4 Å². The summed E-state index contributed by atoms with van der Waals surface area (Å²) in [7, 11) is -1.57. The van der Waals surface area contributed by atoms with Crippen LogP contribution in [0.15, 0.2) is 15.8 Å². The number of aromatic nitrogens is 2. The molecular weight excluding hydrogens is 304 g/mol. The smallest absolute Gasteiger partial charge is 0.184 e. The summed E-state index contributed by atoms with van der Waals surface area (Å²) < 4.78 is 28.1. The first-order valence-corrected chi connectivity index (χ1v) is 8.88. The number of rotatable bonds is 5. The van der Waals surface area contributed by atoms with Gasteiger partial charge in [-0.2, -0.15) is 4.37 Å². The highest BCUT2D eigenvalue weighted by molar-refractivity contribution is 7.91. The van der Waals surface area contributed by atoms with Crippen molar-refractivity contribution in [3.63, 3.8) is 0 Å². The van der Waals surface area contributed by atoms with Crippen LogP contribution in [0.2, 0.25) is 0 Å². The second-order valence-corrected chi connectivity index (χ2v) is 7.63. The van der Waals surface area contributed by atoms with E-state index in [1.807, 2.05) is 10.3 Å². The van der Waals surface area contributed by atoms with Crippen molar-refractivity contribution in [2.45, 2.75) is 18.4 Å². The number of nitrogen functional groups attached to an aromatic ring is 1. The normalized spacial score (nSPS) is 11.7. The standard InChI is InChI=1S/C10H14N4O2S3/c1-3-19(15,16)8-9(11)13-18-10(8)14(2)4-7-5-17-6-12-7/h5-6H,3-4H2,1-2H3,(H2,11,13). The van der Waals surface area contributed by atoms with E-state index >= 15 is 0 Å². The highest BCUT2D eigenvalue weighted by atomic mass is 32.2. The predicted molar refractivity (Wildman–Crippen MR) is 78.5 cm³/mol. The van der Waals surface area contributed by atoms with Gasteiger partial charge in [0.15, 0.2) is 15.7 Å². The SMILES string of the molecule is CCS(=O)(=O)c1c(N)nsc1N(C)Cc1cscn1. The van der Waals surface area contributed by atoms with Gasteiger partial charge in [0, 0.05) is 12.4 Å². The van der Waals surface area contributed by atoms with E-state index in [0.717, 1.165) is 17.2 Å². The Morgan fingerprint density at radius 1 is 1.47 bits per heavy atom. The van der Waals surface area contributed by atoms with Crippen LogP contribution < -0.4 is 10.6 Å². The molecule has 2 N–H and O–H groups in total. The third-order valence-corrected chi connectivity index (χ3v) is 6.10. The van der Waals surface area contributed by atoms with Crippen molar-refractivity contribution in [3.8, 4) is 0 Å². The Kier molecular flexibility index (Phi) is 4.07. The summed E-state index contributed by atoms with van der Waals surface area (Å²) in [6.45, 7) is 2.12. The molecule has 0 spiro atoms. The molecule has 0 saturated carbocycles. The molecule has 19 heavy (non-hydrogen) atoms. The molecular formula is C10H14N4O2S3. The molecule has 2 rings (SSSR count). The number of sulfone groups is 1. The van der Waals surface area contributed by atoms with Gasteiger partial charge in [0.2, 0.25) is 0 Å². The lowest BCUT2D eigenvalue weighted by atomic mass is 10.4. The van der Waals surface area contributed by atoms with Crippen molar-refractivity contribution < 1.29 is 8.42 Å². The largest absolute Gasteiger partial charge is 0.382 e. The average molecular weight is 318 g/mol. The van der Waals surface area contributed by atoms with Gasteiger partial charge in [-0.1, -0.05) is 6.92 Å². The number of hydrogen-bond acceptors (Lipinski definition) is 8. The molecule has 0 atom stereocenters. The highest BCUT2D eigenvalue weighted by Gasteiger charge is 2.26. The fourth-order valence-electron chi connectivity index (χ4n) is 1.60. The first-order valence-electron chi connectivity index (χ1n) is 5.51. The van der Waals surface area contributed by atoms with E-state index in [9.17, 15) is 8.42 Å². The van der Waals surface area contributed by atoms with E-state index in [1.165, 1.54) is 11.3 Å². The number of nitrogens with two attached hydrogens (primary N) is 1. The molecule has 9 heteroatoms. The lowest BCUT2D eigenvalue weighted by Gasteiger charge is -2.17. The van der Waals surface area contributed by atoms with Crippen LogP contribution in [0.4, 0.5) is 10.8 Å². The van der Waals surface area contributed by atoms with Gasteiger partial charge in [0.05, 0.1) is 23.5 Å². The maximum Gasteiger partial charge on any atom is 0.184 e. The van der Waals surface area contributed by atoms with Crippen molar-refractivity contribution in [2.75, 3.05) is 23.4 Å². The van der Waals surface area contributed by atoms with Crippen LogP contribution >= 0.6 is 22.9 Å². The third kappa shape index (κ3) is 2.88. The lowest BCUT2D eigenvalue weighted by molar-refractivity contribution is 0.597. The topological polar surface area (TPSA) is 89.2 Å². The Bertz CT molecular complexity index is 648. The predicted octanol–water partition coefficient (Wildman–Crippen LogP) is 1.61. The molecule has 0 radical (unpaired) electrons. The summed E-state index contributed by atoms with van der Waals surface area (Å²) in [5.41, 5.74) is 8.33. The van der Waals surface area contributed by atoms with Crippen LogP contribution in [0.5, 0.6) is 0 Å². The number of thiazole rings is 1. The quantitative estimate of drug-likeness (QED) is 0.901. The van der Waals surface area contributed by atoms with Crippen LogP contribution in [-0.4, -0.2) is 30.6 Å². The zero-order valence-corrected chi connectivity index (χ0v) is 13.0. The summed E-state index contributed by atoms with van der Waals surface area (Å²) in [5.74, 6) is 0.0830. The van der Waals surface area contributed by atoms with Crippen LogP contribution in [0.25, 0.3) is 0 Å². The molecule has 0 fully saturated rings. The second kappa shape index (κ2) is 5.43.